The van der Waals surface area contributed by atoms with Crippen LogP contribution in [0.15, 0.2) is 36.5 Å². The summed E-state index contributed by atoms with van der Waals surface area (Å²) in [4.78, 5) is 44.0. The summed E-state index contributed by atoms with van der Waals surface area (Å²) in [6.45, 7) is 3.21. The summed E-state index contributed by atoms with van der Waals surface area (Å²) in [7, 11) is 0. The summed E-state index contributed by atoms with van der Waals surface area (Å²) in [6.07, 6.45) is 4.42. The van der Waals surface area contributed by atoms with E-state index < -0.39 is 0 Å². The van der Waals surface area contributed by atoms with Gasteiger partial charge in [-0.2, -0.15) is 0 Å². The molecule has 1 aromatic heterocycles. The molecule has 174 valence electrons. The van der Waals surface area contributed by atoms with Crippen molar-refractivity contribution in [3.8, 4) is 0 Å². The Hall–Kier alpha value is -2.97. The van der Waals surface area contributed by atoms with Crippen LogP contribution in [0.2, 0.25) is 5.02 Å². The van der Waals surface area contributed by atoms with Crippen molar-refractivity contribution in [2.75, 3.05) is 30.4 Å². The van der Waals surface area contributed by atoms with Gasteiger partial charge >= 0.3 is 0 Å². The van der Waals surface area contributed by atoms with Gasteiger partial charge in [-0.15, -0.1) is 0 Å². The van der Waals surface area contributed by atoms with Gasteiger partial charge in [0.15, 0.2) is 0 Å². The topological polar surface area (TPSA) is 101 Å². The van der Waals surface area contributed by atoms with E-state index in [1.165, 1.54) is 6.20 Å². The predicted octanol–water partition coefficient (Wildman–Crippen LogP) is 3.65. The molecule has 0 atom stereocenters. The maximum absolute atomic E-state index is 13.0. The van der Waals surface area contributed by atoms with Crippen LogP contribution in [0.4, 0.5) is 11.5 Å². The second-order valence-corrected chi connectivity index (χ2v) is 8.94. The van der Waals surface area contributed by atoms with Crippen LogP contribution in [0.1, 0.15) is 41.6 Å². The number of benzene rings is 1. The minimum absolute atomic E-state index is 0.0274. The van der Waals surface area contributed by atoms with Gasteiger partial charge < -0.3 is 20.3 Å². The molecular formula is C24H27ClN4O4. The van der Waals surface area contributed by atoms with E-state index in [0.29, 0.717) is 48.1 Å². The van der Waals surface area contributed by atoms with Crippen molar-refractivity contribution in [3.05, 3.63) is 52.7 Å². The molecule has 0 radical (unpaired) electrons. The number of amides is 3. The Morgan fingerprint density at radius 1 is 1.12 bits per heavy atom. The molecule has 8 nitrogen and oxygen atoms in total. The molecule has 1 saturated carbocycles. The Balaban J connectivity index is 1.39. The molecule has 2 aromatic rings. The lowest BCUT2D eigenvalue weighted by Crippen LogP contribution is -2.49. The highest BCUT2D eigenvalue weighted by atomic mass is 35.5. The number of carbonyl (C=O) groups excluding carboxylic acids is 3. The van der Waals surface area contributed by atoms with E-state index >= 15 is 0 Å². The van der Waals surface area contributed by atoms with Crippen molar-refractivity contribution in [2.45, 2.75) is 38.6 Å². The normalized spacial score (nSPS) is 20.9. The first-order valence-corrected chi connectivity index (χ1v) is 11.5. The van der Waals surface area contributed by atoms with Gasteiger partial charge in [0.25, 0.3) is 5.91 Å². The number of nitrogens with one attached hydrogen (secondary N) is 2. The first-order chi connectivity index (χ1) is 15.9. The molecule has 2 fully saturated rings. The molecule has 1 aromatic carbocycles. The summed E-state index contributed by atoms with van der Waals surface area (Å²) in [5.41, 5.74) is 1.73. The lowest BCUT2D eigenvalue weighted by atomic mass is 9.84. The fourth-order valence-corrected chi connectivity index (χ4v) is 4.50. The van der Waals surface area contributed by atoms with E-state index in [2.05, 4.69) is 15.6 Å². The second-order valence-electron chi connectivity index (χ2n) is 8.50. The highest BCUT2D eigenvalue weighted by molar-refractivity contribution is 6.30. The van der Waals surface area contributed by atoms with Crippen LogP contribution < -0.4 is 10.6 Å². The number of morpholine rings is 1. The molecule has 33 heavy (non-hydrogen) atoms. The Kier molecular flexibility index (Phi) is 7.25. The van der Waals surface area contributed by atoms with Crippen LogP contribution in [0, 0.1) is 12.8 Å². The molecule has 3 amide bonds. The third-order valence-corrected chi connectivity index (χ3v) is 6.40. The monoisotopic (exact) mass is 470 g/mol. The molecule has 1 saturated heterocycles. The second kappa shape index (κ2) is 10.3. The van der Waals surface area contributed by atoms with E-state index in [-0.39, 0.29) is 36.3 Å². The molecule has 0 spiro atoms. The lowest BCUT2D eigenvalue weighted by molar-refractivity contribution is -0.146. The standard InChI is InChI=1S/C24H27ClN4O4/c1-15-2-8-20(19(12-15)24(32)28-21-9-5-17(25)13-26-21)27-23(31)16-3-6-18(7-4-16)29-10-11-33-14-22(29)30/h2,5,8-9,12-13,16,18H,3-4,6-7,10-11,14H2,1H3,(H,27,31)(H,26,28,32). The SMILES string of the molecule is Cc1ccc(NC(=O)C2CCC(N3CCOCC3=O)CC2)c(C(=O)Nc2ccc(Cl)cn2)c1. The molecule has 0 unspecified atom stereocenters. The first-order valence-electron chi connectivity index (χ1n) is 11.1. The molecule has 4 rings (SSSR count). The van der Waals surface area contributed by atoms with Gasteiger partial charge in [-0.25, -0.2) is 4.98 Å². The number of carbonyl (C=O) groups is 3. The lowest BCUT2D eigenvalue weighted by Gasteiger charge is -2.38. The van der Waals surface area contributed by atoms with Crippen molar-refractivity contribution in [1.29, 1.82) is 0 Å². The van der Waals surface area contributed by atoms with E-state index in [1.807, 2.05) is 17.9 Å². The number of aryl methyl sites for hydroxylation is 1. The number of hydrogen-bond acceptors (Lipinski definition) is 5. The summed E-state index contributed by atoms with van der Waals surface area (Å²) < 4.78 is 5.21. The fraction of sp³-hybridized carbons (Fsp3) is 0.417. The molecular weight excluding hydrogens is 444 g/mol. The Morgan fingerprint density at radius 3 is 2.61 bits per heavy atom. The van der Waals surface area contributed by atoms with E-state index in [0.717, 1.165) is 18.4 Å². The zero-order valence-electron chi connectivity index (χ0n) is 18.5. The third-order valence-electron chi connectivity index (χ3n) is 6.18. The Labute approximate surface area is 197 Å². The smallest absolute Gasteiger partial charge is 0.258 e. The quantitative estimate of drug-likeness (QED) is 0.694. The van der Waals surface area contributed by atoms with Crippen molar-refractivity contribution in [1.82, 2.24) is 9.88 Å². The molecule has 0 bridgehead atoms. The van der Waals surface area contributed by atoms with Gasteiger partial charge in [-0.3, -0.25) is 14.4 Å². The van der Waals surface area contributed by atoms with Gasteiger partial charge in [-0.05, 0) is 56.9 Å². The summed E-state index contributed by atoms with van der Waals surface area (Å²) >= 11 is 5.85. The summed E-state index contributed by atoms with van der Waals surface area (Å²) in [5.74, 6) is -0.228. The minimum Gasteiger partial charge on any atom is -0.370 e. The first kappa shape index (κ1) is 23.2. The fourth-order valence-electron chi connectivity index (χ4n) is 4.39. The van der Waals surface area contributed by atoms with E-state index in [1.54, 1.807) is 24.3 Å². The van der Waals surface area contributed by atoms with Gasteiger partial charge in [0.05, 0.1) is 22.9 Å². The molecule has 9 heteroatoms. The number of pyridine rings is 1. The van der Waals surface area contributed by atoms with Gasteiger partial charge in [0.2, 0.25) is 11.8 Å². The molecule has 2 aliphatic rings. The van der Waals surface area contributed by atoms with E-state index in [4.69, 9.17) is 16.3 Å². The zero-order valence-corrected chi connectivity index (χ0v) is 19.2. The molecule has 1 aliphatic heterocycles. The largest absolute Gasteiger partial charge is 0.370 e. The maximum atomic E-state index is 13.0. The summed E-state index contributed by atoms with van der Waals surface area (Å²) in [5, 5.41) is 6.17. The van der Waals surface area contributed by atoms with Crippen molar-refractivity contribution in [2.24, 2.45) is 5.92 Å². The Bertz CT molecular complexity index is 1040. The summed E-state index contributed by atoms with van der Waals surface area (Å²) in [6, 6.07) is 8.76. The van der Waals surface area contributed by atoms with Crippen LogP contribution in [0.25, 0.3) is 0 Å². The number of rotatable bonds is 5. The van der Waals surface area contributed by atoms with Crippen LogP contribution in [0.5, 0.6) is 0 Å². The molecule has 2 N–H and O–H groups in total. The van der Waals surface area contributed by atoms with Crippen LogP contribution in [0.3, 0.4) is 0 Å². The number of aromatic nitrogens is 1. The van der Waals surface area contributed by atoms with Crippen LogP contribution >= 0.6 is 11.6 Å². The van der Waals surface area contributed by atoms with E-state index in [9.17, 15) is 14.4 Å². The van der Waals surface area contributed by atoms with Crippen LogP contribution in [-0.4, -0.2) is 53.4 Å². The molecule has 1 aliphatic carbocycles. The number of halogens is 1. The highest BCUT2D eigenvalue weighted by Crippen LogP contribution is 2.30. The van der Waals surface area contributed by atoms with Crippen molar-refractivity contribution < 1.29 is 19.1 Å². The maximum Gasteiger partial charge on any atom is 0.258 e. The minimum atomic E-state index is -0.363. The van der Waals surface area contributed by atoms with Crippen molar-refractivity contribution >= 4 is 40.8 Å². The number of ether oxygens (including phenoxy) is 1. The predicted molar refractivity (Wildman–Crippen MR) is 125 cm³/mol. The average molecular weight is 471 g/mol. The number of anilines is 2. The third kappa shape index (κ3) is 5.69. The Morgan fingerprint density at radius 2 is 1.91 bits per heavy atom. The molecule has 2 heterocycles. The van der Waals surface area contributed by atoms with Gasteiger partial charge in [0.1, 0.15) is 12.4 Å². The zero-order chi connectivity index (χ0) is 23.4. The highest BCUT2D eigenvalue weighted by Gasteiger charge is 2.33. The number of hydrogen-bond donors (Lipinski definition) is 2. The van der Waals surface area contributed by atoms with Gasteiger partial charge in [0, 0.05) is 24.7 Å². The van der Waals surface area contributed by atoms with Crippen molar-refractivity contribution in [3.63, 3.8) is 0 Å². The van der Waals surface area contributed by atoms with Gasteiger partial charge in [-0.1, -0.05) is 23.2 Å². The number of nitrogens with zero attached hydrogens (tertiary/aromatic N) is 2. The average Bonchev–Trinajstić information content (AvgIpc) is 2.82. The van der Waals surface area contributed by atoms with Crippen LogP contribution in [-0.2, 0) is 14.3 Å².